The van der Waals surface area contributed by atoms with Gasteiger partial charge in [0.05, 0.1) is 6.10 Å². The molecule has 1 N–H and O–H groups in total. The van der Waals surface area contributed by atoms with Crippen LogP contribution in [-0.4, -0.2) is 35.2 Å². The Morgan fingerprint density at radius 1 is 1.29 bits per heavy atom. The summed E-state index contributed by atoms with van der Waals surface area (Å²) in [7, 11) is 0. The minimum atomic E-state index is -0.158. The number of likely N-dealkylation sites (tertiary alicyclic amines) is 1. The molecule has 1 fully saturated rings. The lowest BCUT2D eigenvalue weighted by molar-refractivity contribution is 0.0629. The van der Waals surface area contributed by atoms with Gasteiger partial charge in [0.25, 0.3) is 0 Å². The Kier molecular flexibility index (Phi) is 4.39. The normalized spacial score (nSPS) is 26.4. The maximum atomic E-state index is 9.84. The number of aliphatic hydroxyl groups excluding tert-OH is 1. The molecule has 0 saturated carbocycles. The zero-order chi connectivity index (χ0) is 10.7. The number of nitrogens with zero attached hydrogens (tertiary/aromatic N) is 1. The Bertz CT molecular complexity index is 168. The minimum Gasteiger partial charge on any atom is -0.392 e. The highest BCUT2D eigenvalue weighted by atomic mass is 16.3. The summed E-state index contributed by atoms with van der Waals surface area (Å²) in [5.74, 6) is 1.10. The maximum absolute atomic E-state index is 9.84. The van der Waals surface area contributed by atoms with Gasteiger partial charge in [-0.05, 0) is 31.2 Å². The van der Waals surface area contributed by atoms with Crippen molar-refractivity contribution in [3.63, 3.8) is 0 Å². The Hall–Kier alpha value is -0.0800. The van der Waals surface area contributed by atoms with E-state index in [9.17, 15) is 5.11 Å². The first-order chi connectivity index (χ1) is 6.52. The SMILES string of the molecule is CC(C)C(O)CN1CCCC1C(C)C. The number of rotatable bonds is 4. The zero-order valence-electron chi connectivity index (χ0n) is 10.0. The molecule has 1 rings (SSSR count). The molecule has 2 nitrogen and oxygen atoms in total. The van der Waals surface area contributed by atoms with E-state index in [1.165, 1.54) is 19.4 Å². The van der Waals surface area contributed by atoms with Crippen LogP contribution in [0.2, 0.25) is 0 Å². The van der Waals surface area contributed by atoms with E-state index < -0.39 is 0 Å². The standard InChI is InChI=1S/C12H25NO/c1-9(2)11-6-5-7-13(11)8-12(14)10(3)4/h9-12,14H,5-8H2,1-4H3. The molecular weight excluding hydrogens is 174 g/mol. The van der Waals surface area contributed by atoms with Crippen LogP contribution in [0.3, 0.4) is 0 Å². The molecule has 0 aliphatic carbocycles. The van der Waals surface area contributed by atoms with E-state index in [4.69, 9.17) is 0 Å². The summed E-state index contributed by atoms with van der Waals surface area (Å²) in [4.78, 5) is 2.47. The first-order valence-electron chi connectivity index (χ1n) is 5.94. The fourth-order valence-electron chi connectivity index (χ4n) is 2.28. The molecule has 2 unspecified atom stereocenters. The Labute approximate surface area is 88.3 Å². The van der Waals surface area contributed by atoms with Crippen molar-refractivity contribution in [3.05, 3.63) is 0 Å². The molecule has 1 aliphatic heterocycles. The third kappa shape index (κ3) is 2.96. The van der Waals surface area contributed by atoms with Crippen molar-refractivity contribution in [2.75, 3.05) is 13.1 Å². The number of hydrogen-bond acceptors (Lipinski definition) is 2. The van der Waals surface area contributed by atoms with Crippen molar-refractivity contribution in [2.24, 2.45) is 11.8 Å². The number of β-amino-alcohol motifs (C(OH)–C–C–N with tert-alkyl or cyclic N) is 1. The highest BCUT2D eigenvalue weighted by Crippen LogP contribution is 2.24. The van der Waals surface area contributed by atoms with Crippen LogP contribution >= 0.6 is 0 Å². The van der Waals surface area contributed by atoms with Gasteiger partial charge in [-0.2, -0.15) is 0 Å². The van der Waals surface area contributed by atoms with E-state index in [-0.39, 0.29) is 6.10 Å². The van der Waals surface area contributed by atoms with Crippen LogP contribution in [0.15, 0.2) is 0 Å². The molecule has 0 bridgehead atoms. The van der Waals surface area contributed by atoms with Crippen LogP contribution in [0.5, 0.6) is 0 Å². The van der Waals surface area contributed by atoms with Crippen molar-refractivity contribution in [1.82, 2.24) is 4.90 Å². The number of aliphatic hydroxyl groups is 1. The predicted octanol–water partition coefficient (Wildman–Crippen LogP) is 2.12. The van der Waals surface area contributed by atoms with Crippen LogP contribution in [0.25, 0.3) is 0 Å². The molecule has 84 valence electrons. The van der Waals surface area contributed by atoms with Gasteiger partial charge in [0, 0.05) is 12.6 Å². The fourth-order valence-corrected chi connectivity index (χ4v) is 2.28. The fraction of sp³-hybridized carbons (Fsp3) is 1.00. The van der Waals surface area contributed by atoms with E-state index in [2.05, 4.69) is 32.6 Å². The topological polar surface area (TPSA) is 23.5 Å². The molecule has 2 heteroatoms. The van der Waals surface area contributed by atoms with E-state index in [1.807, 2.05) is 0 Å². The van der Waals surface area contributed by atoms with Crippen molar-refractivity contribution >= 4 is 0 Å². The van der Waals surface area contributed by atoms with Gasteiger partial charge in [0.15, 0.2) is 0 Å². The lowest BCUT2D eigenvalue weighted by atomic mass is 10.0. The first kappa shape index (κ1) is 12.0. The lowest BCUT2D eigenvalue weighted by Gasteiger charge is -2.30. The summed E-state index contributed by atoms with van der Waals surface area (Å²) < 4.78 is 0. The van der Waals surface area contributed by atoms with Crippen molar-refractivity contribution < 1.29 is 5.11 Å². The maximum Gasteiger partial charge on any atom is 0.0690 e. The highest BCUT2D eigenvalue weighted by Gasteiger charge is 2.28. The summed E-state index contributed by atoms with van der Waals surface area (Å²) in [5, 5.41) is 9.84. The second-order valence-corrected chi connectivity index (χ2v) is 5.26. The van der Waals surface area contributed by atoms with E-state index in [0.717, 1.165) is 12.5 Å². The Morgan fingerprint density at radius 2 is 1.93 bits per heavy atom. The van der Waals surface area contributed by atoms with Gasteiger partial charge < -0.3 is 5.11 Å². The van der Waals surface area contributed by atoms with E-state index >= 15 is 0 Å². The first-order valence-corrected chi connectivity index (χ1v) is 5.94. The Morgan fingerprint density at radius 3 is 2.43 bits per heavy atom. The molecule has 1 saturated heterocycles. The molecule has 14 heavy (non-hydrogen) atoms. The smallest absolute Gasteiger partial charge is 0.0690 e. The monoisotopic (exact) mass is 199 g/mol. The van der Waals surface area contributed by atoms with Gasteiger partial charge in [0.1, 0.15) is 0 Å². The lowest BCUT2D eigenvalue weighted by Crippen LogP contribution is -2.40. The zero-order valence-corrected chi connectivity index (χ0v) is 10.0. The van der Waals surface area contributed by atoms with E-state index in [0.29, 0.717) is 12.0 Å². The van der Waals surface area contributed by atoms with Crippen molar-refractivity contribution in [3.8, 4) is 0 Å². The number of hydrogen-bond donors (Lipinski definition) is 1. The van der Waals surface area contributed by atoms with Crippen molar-refractivity contribution in [2.45, 2.75) is 52.7 Å². The van der Waals surface area contributed by atoms with Gasteiger partial charge in [-0.15, -0.1) is 0 Å². The van der Waals surface area contributed by atoms with Crippen LogP contribution in [0.1, 0.15) is 40.5 Å². The average Bonchev–Trinajstić information content (AvgIpc) is 2.52. The van der Waals surface area contributed by atoms with Gasteiger partial charge in [-0.25, -0.2) is 0 Å². The average molecular weight is 199 g/mol. The van der Waals surface area contributed by atoms with Gasteiger partial charge in [-0.1, -0.05) is 27.7 Å². The van der Waals surface area contributed by atoms with Gasteiger partial charge >= 0.3 is 0 Å². The summed E-state index contributed by atoms with van der Waals surface area (Å²) in [5.41, 5.74) is 0. The Balaban J connectivity index is 2.43. The van der Waals surface area contributed by atoms with Crippen LogP contribution in [0, 0.1) is 11.8 Å². The third-order valence-corrected chi connectivity index (χ3v) is 3.37. The second kappa shape index (κ2) is 5.13. The summed E-state index contributed by atoms with van der Waals surface area (Å²) in [6.45, 7) is 10.8. The molecule has 0 aromatic heterocycles. The van der Waals surface area contributed by atoms with Crippen molar-refractivity contribution in [1.29, 1.82) is 0 Å². The summed E-state index contributed by atoms with van der Waals surface area (Å²) >= 11 is 0. The van der Waals surface area contributed by atoms with Crippen LogP contribution < -0.4 is 0 Å². The molecule has 1 heterocycles. The van der Waals surface area contributed by atoms with Gasteiger partial charge in [-0.3, -0.25) is 4.90 Å². The van der Waals surface area contributed by atoms with E-state index in [1.54, 1.807) is 0 Å². The van der Waals surface area contributed by atoms with Gasteiger partial charge in [0.2, 0.25) is 0 Å². The minimum absolute atomic E-state index is 0.158. The molecule has 0 aromatic carbocycles. The molecule has 0 aromatic rings. The summed E-state index contributed by atoms with van der Waals surface area (Å²) in [6, 6.07) is 0.698. The molecule has 2 atom stereocenters. The molecule has 1 aliphatic rings. The second-order valence-electron chi connectivity index (χ2n) is 5.26. The highest BCUT2D eigenvalue weighted by molar-refractivity contribution is 4.83. The molecular formula is C12H25NO. The third-order valence-electron chi connectivity index (χ3n) is 3.37. The predicted molar refractivity (Wildman–Crippen MR) is 60.3 cm³/mol. The molecule has 0 spiro atoms. The summed E-state index contributed by atoms with van der Waals surface area (Å²) in [6.07, 6.45) is 2.45. The molecule has 0 radical (unpaired) electrons. The van der Waals surface area contributed by atoms with Crippen LogP contribution in [0.4, 0.5) is 0 Å². The van der Waals surface area contributed by atoms with Crippen LogP contribution in [-0.2, 0) is 0 Å². The molecule has 0 amide bonds. The largest absolute Gasteiger partial charge is 0.392 e. The quantitative estimate of drug-likeness (QED) is 0.749.